The van der Waals surface area contributed by atoms with Gasteiger partial charge in [-0.3, -0.25) is 4.79 Å². The number of rotatable bonds is 1. The highest BCUT2D eigenvalue weighted by Crippen LogP contribution is 2.78. The van der Waals surface area contributed by atoms with Gasteiger partial charge in [0.05, 0.1) is 19.7 Å². The molecule has 0 unspecified atom stereocenters. The first-order chi connectivity index (χ1) is 12.4. The van der Waals surface area contributed by atoms with E-state index in [1.165, 1.54) is 6.92 Å². The molecular formula is C22H34O4. The van der Waals surface area contributed by atoms with Crippen LogP contribution in [0.25, 0.3) is 0 Å². The van der Waals surface area contributed by atoms with Crippen LogP contribution in [0.4, 0.5) is 0 Å². The minimum atomic E-state index is -1.48. The second kappa shape index (κ2) is 4.86. The summed E-state index contributed by atoms with van der Waals surface area (Å²) in [5, 5.41) is 11.2. The van der Waals surface area contributed by atoms with Crippen molar-refractivity contribution in [3.8, 4) is 0 Å². The summed E-state index contributed by atoms with van der Waals surface area (Å²) in [5.74, 6) is 0.366. The minimum Gasteiger partial charge on any atom is -0.462 e. The van der Waals surface area contributed by atoms with Crippen molar-refractivity contribution in [3.63, 3.8) is 0 Å². The van der Waals surface area contributed by atoms with Crippen LogP contribution in [0.5, 0.6) is 0 Å². The third-order valence-corrected chi connectivity index (χ3v) is 9.53. The Balaban J connectivity index is 1.64. The highest BCUT2D eigenvalue weighted by molar-refractivity contribution is 5.66. The van der Waals surface area contributed by atoms with Crippen LogP contribution in [-0.4, -0.2) is 35.5 Å². The summed E-state index contributed by atoms with van der Waals surface area (Å²) < 4.78 is 20.9. The number of fused-ring (bicyclic) bond motifs is 5. The molecule has 2 bridgehead atoms. The molecule has 0 amide bonds. The number of hydrogen-bond donors (Lipinski definition) is 1. The van der Waals surface area contributed by atoms with Crippen molar-refractivity contribution in [2.75, 3.05) is 0 Å². The van der Waals surface area contributed by atoms with Gasteiger partial charge in [-0.15, -0.1) is 0 Å². The van der Waals surface area contributed by atoms with Gasteiger partial charge >= 0.3 is 5.97 Å². The summed E-state index contributed by atoms with van der Waals surface area (Å²) in [6, 6.07) is 0. The Hall–Kier alpha value is -0.610. The van der Waals surface area contributed by atoms with E-state index in [9.17, 15) is 9.90 Å². The first-order valence-electron chi connectivity index (χ1n) is 10.9. The topological polar surface area (TPSA) is 59.1 Å². The van der Waals surface area contributed by atoms with Crippen LogP contribution in [-0.2, 0) is 14.3 Å². The molecule has 4 heteroatoms. The zero-order valence-corrected chi connectivity index (χ0v) is 16.8. The van der Waals surface area contributed by atoms with E-state index in [0.717, 1.165) is 32.1 Å². The second-order valence-electron chi connectivity index (χ2n) is 11.1. The van der Waals surface area contributed by atoms with Crippen molar-refractivity contribution < 1.29 is 20.7 Å². The molecule has 1 aliphatic heterocycles. The summed E-state index contributed by atoms with van der Waals surface area (Å²) in [7, 11) is 0. The van der Waals surface area contributed by atoms with Crippen molar-refractivity contribution in [1.29, 1.82) is 0 Å². The third-order valence-electron chi connectivity index (χ3n) is 9.53. The van der Waals surface area contributed by atoms with Gasteiger partial charge in [0.15, 0.2) is 0 Å². The fourth-order valence-corrected chi connectivity index (χ4v) is 8.40. The summed E-state index contributed by atoms with van der Waals surface area (Å²) >= 11 is 0. The lowest BCUT2D eigenvalue weighted by Gasteiger charge is -2.66. The van der Waals surface area contributed by atoms with Crippen LogP contribution in [0.1, 0.15) is 74.5 Å². The Kier molecular flexibility index (Phi) is 3.06. The Morgan fingerprint density at radius 2 is 1.88 bits per heavy atom. The second-order valence-corrected chi connectivity index (χ2v) is 11.1. The van der Waals surface area contributed by atoms with E-state index in [4.69, 9.17) is 10.8 Å². The number of carbonyl (C=O) groups excluding carboxylic acids is 1. The van der Waals surface area contributed by atoms with Gasteiger partial charge < -0.3 is 14.6 Å². The van der Waals surface area contributed by atoms with Gasteiger partial charge in [0, 0.05) is 23.2 Å². The quantitative estimate of drug-likeness (QED) is 0.570. The SMILES string of the molecule is [2H][C@@]1(O)C[C@@H]2[C@]3(CC[C@@H]4C(C)(C)CC[C@H](OC(C)=O)[C@]42C)C[C@@]1(C)[C@H]1O[C@H]13. The molecule has 1 heterocycles. The van der Waals surface area contributed by atoms with E-state index in [0.29, 0.717) is 12.3 Å². The molecule has 9 atom stereocenters. The summed E-state index contributed by atoms with van der Waals surface area (Å²) in [4.78, 5) is 11.9. The van der Waals surface area contributed by atoms with E-state index >= 15 is 0 Å². The van der Waals surface area contributed by atoms with Gasteiger partial charge in [-0.05, 0) is 55.8 Å². The van der Waals surface area contributed by atoms with E-state index < -0.39 is 11.5 Å². The minimum absolute atomic E-state index is 0.0222. The van der Waals surface area contributed by atoms with Crippen LogP contribution in [0.3, 0.4) is 0 Å². The average molecular weight is 364 g/mol. The van der Waals surface area contributed by atoms with Gasteiger partial charge in [0.1, 0.15) is 6.10 Å². The fourth-order valence-electron chi connectivity index (χ4n) is 8.40. The molecular weight excluding hydrogens is 328 g/mol. The van der Waals surface area contributed by atoms with Crippen molar-refractivity contribution in [2.24, 2.45) is 33.5 Å². The van der Waals surface area contributed by atoms with Crippen LogP contribution in [0.2, 0.25) is 0 Å². The Morgan fingerprint density at radius 1 is 1.15 bits per heavy atom. The van der Waals surface area contributed by atoms with Crippen molar-refractivity contribution in [2.45, 2.75) is 97.5 Å². The van der Waals surface area contributed by atoms with Crippen molar-refractivity contribution >= 4 is 5.97 Å². The number of hydrogen-bond acceptors (Lipinski definition) is 4. The lowest BCUT2D eigenvalue weighted by molar-refractivity contribution is -0.238. The van der Waals surface area contributed by atoms with E-state index in [1.54, 1.807) is 0 Å². The zero-order valence-electron chi connectivity index (χ0n) is 17.8. The molecule has 4 saturated carbocycles. The summed E-state index contributed by atoms with van der Waals surface area (Å²) in [6.07, 6.45) is 4.08. The predicted molar refractivity (Wildman–Crippen MR) is 97.3 cm³/mol. The number of epoxide rings is 1. The van der Waals surface area contributed by atoms with Crippen LogP contribution in [0.15, 0.2) is 0 Å². The Bertz CT molecular complexity index is 704. The van der Waals surface area contributed by atoms with Gasteiger partial charge in [-0.2, -0.15) is 0 Å². The molecule has 146 valence electrons. The zero-order chi connectivity index (χ0) is 19.6. The molecule has 1 spiro atoms. The molecule has 0 aromatic rings. The van der Waals surface area contributed by atoms with E-state index in [1.807, 2.05) is 0 Å². The lowest BCUT2D eigenvalue weighted by Crippen LogP contribution is -2.65. The third kappa shape index (κ3) is 1.86. The summed E-state index contributed by atoms with van der Waals surface area (Å²) in [6.45, 7) is 10.6. The van der Waals surface area contributed by atoms with Crippen LogP contribution < -0.4 is 0 Å². The molecule has 5 aliphatic rings. The first-order valence-corrected chi connectivity index (χ1v) is 10.4. The average Bonchev–Trinajstić information content (AvgIpc) is 3.30. The number of carbonyl (C=O) groups is 1. The number of esters is 1. The molecule has 5 fully saturated rings. The number of aliphatic hydroxyl groups is 1. The Morgan fingerprint density at radius 3 is 2.58 bits per heavy atom. The van der Waals surface area contributed by atoms with Crippen molar-refractivity contribution in [1.82, 2.24) is 0 Å². The van der Waals surface area contributed by atoms with Gasteiger partial charge in [0.2, 0.25) is 0 Å². The normalized spacial score (nSPS) is 62.4. The molecule has 5 rings (SSSR count). The lowest BCUT2D eigenvalue weighted by atomic mass is 9.39. The highest BCUT2D eigenvalue weighted by Gasteiger charge is 2.80. The molecule has 0 aromatic heterocycles. The molecule has 1 saturated heterocycles. The smallest absolute Gasteiger partial charge is 0.302 e. The maximum absolute atomic E-state index is 11.9. The van der Waals surface area contributed by atoms with E-state index in [2.05, 4.69) is 27.7 Å². The summed E-state index contributed by atoms with van der Waals surface area (Å²) in [5.41, 5.74) is -0.485. The maximum atomic E-state index is 11.9. The van der Waals surface area contributed by atoms with Gasteiger partial charge in [-0.25, -0.2) is 0 Å². The molecule has 1 N–H and O–H groups in total. The fraction of sp³-hybridized carbons (Fsp3) is 0.955. The molecule has 4 aliphatic carbocycles. The van der Waals surface area contributed by atoms with Gasteiger partial charge in [0.25, 0.3) is 0 Å². The van der Waals surface area contributed by atoms with Crippen LogP contribution in [0, 0.1) is 33.5 Å². The first kappa shape index (κ1) is 16.4. The van der Waals surface area contributed by atoms with Gasteiger partial charge in [-0.1, -0.05) is 27.7 Å². The molecule has 0 radical (unpaired) electrons. The van der Waals surface area contributed by atoms with Crippen molar-refractivity contribution in [3.05, 3.63) is 0 Å². The maximum Gasteiger partial charge on any atom is 0.302 e. The van der Waals surface area contributed by atoms with E-state index in [-0.39, 0.29) is 46.4 Å². The van der Waals surface area contributed by atoms with Crippen LogP contribution >= 0.6 is 0 Å². The molecule has 4 nitrogen and oxygen atoms in total. The number of ether oxygens (including phenoxy) is 2. The highest BCUT2D eigenvalue weighted by atomic mass is 16.6. The molecule has 26 heavy (non-hydrogen) atoms. The monoisotopic (exact) mass is 363 g/mol. The Labute approximate surface area is 158 Å². The largest absolute Gasteiger partial charge is 0.462 e. The predicted octanol–water partition coefficient (Wildman–Crippen LogP) is 3.70. The standard InChI is InChI=1S/C22H34O4/c1-12(23)25-16-7-8-19(2,3)13-6-9-22-11-20(4,17-18(22)26-17)15(24)10-14(22)21(13,16)5/h13-18,24H,6-11H2,1-5H3/t13-,14+,15-,16+,17+,18-,20-,21-,22+/m1/s1/i15D. The molecule has 0 aromatic carbocycles.